The molecule has 0 saturated carbocycles. The summed E-state index contributed by atoms with van der Waals surface area (Å²) in [4.78, 5) is 0. The minimum absolute atomic E-state index is 0. The third kappa shape index (κ3) is 11.4. The molecule has 1 fully saturated rings. The van der Waals surface area contributed by atoms with Gasteiger partial charge in [0.1, 0.15) is 12.2 Å². The highest BCUT2D eigenvalue weighted by atomic mass is 16.6. The van der Waals surface area contributed by atoms with Crippen LogP contribution in [0.3, 0.4) is 0 Å². The number of aliphatic hydroxyl groups is 6. The number of hydrogen-bond donors (Lipinski definition) is 6. The van der Waals surface area contributed by atoms with Crippen molar-refractivity contribution in [2.45, 2.75) is 107 Å². The summed E-state index contributed by atoms with van der Waals surface area (Å²) in [6.07, 6.45) is -2.05. The van der Waals surface area contributed by atoms with Gasteiger partial charge in [-0.05, 0) is 30.1 Å². The lowest BCUT2D eigenvalue weighted by Gasteiger charge is -2.42. The second-order valence-electron chi connectivity index (χ2n) is 10.6. The smallest absolute Gasteiger partial charge is 0.160 e. The predicted octanol–water partition coefficient (Wildman–Crippen LogP) is 2.55. The Labute approximate surface area is 185 Å². The number of rotatable bonds is 6. The molecule has 0 aromatic rings. The Morgan fingerprint density at radius 2 is 1.23 bits per heavy atom. The SMILES string of the molecule is C.C.CC(C)(C)CC1C(O)OC(CO)C(O)C1O.CCC(CO)(CO)CC(C)(C)C. The van der Waals surface area contributed by atoms with Crippen LogP contribution < -0.4 is 0 Å². The third-order valence-corrected chi connectivity index (χ3v) is 5.20. The monoisotopic (exact) mass is 440 g/mol. The van der Waals surface area contributed by atoms with Gasteiger partial charge < -0.3 is 35.4 Å². The standard InChI is InChI=1S/C11H22O5.C10H22O2.2CH4/c1-11(2,3)4-6-8(13)9(14)7(5-12)16-10(6)15;1-5-10(7-11,8-12)6-9(2,3)4;;/h6-10,12-15H,4-5H2,1-3H3;11-12H,5-8H2,1-4H3;2*1H4. The maximum atomic E-state index is 9.87. The fourth-order valence-corrected chi connectivity index (χ4v) is 3.72. The summed E-state index contributed by atoms with van der Waals surface area (Å²) < 4.78 is 5.07. The molecule has 5 unspecified atom stereocenters. The lowest BCUT2D eigenvalue weighted by molar-refractivity contribution is -0.274. The largest absolute Gasteiger partial charge is 0.396 e. The van der Waals surface area contributed by atoms with Crippen molar-refractivity contribution in [1.82, 2.24) is 0 Å². The fourth-order valence-electron chi connectivity index (χ4n) is 3.72. The summed E-state index contributed by atoms with van der Waals surface area (Å²) in [5.41, 5.74) is -0.193. The number of aliphatic hydroxyl groups excluding tert-OH is 6. The molecule has 0 aliphatic carbocycles. The molecule has 1 saturated heterocycles. The van der Waals surface area contributed by atoms with Crippen molar-refractivity contribution in [2.24, 2.45) is 22.2 Å². The van der Waals surface area contributed by atoms with Crippen LogP contribution in [-0.4, -0.2) is 75.1 Å². The van der Waals surface area contributed by atoms with Gasteiger partial charge in [0.05, 0.1) is 25.9 Å². The van der Waals surface area contributed by atoms with Gasteiger partial charge in [-0.15, -0.1) is 0 Å². The lowest BCUT2D eigenvalue weighted by atomic mass is 9.73. The van der Waals surface area contributed by atoms with Crippen molar-refractivity contribution in [3.63, 3.8) is 0 Å². The average Bonchev–Trinajstić information content (AvgIpc) is 2.58. The van der Waals surface area contributed by atoms with E-state index in [0.29, 0.717) is 6.42 Å². The van der Waals surface area contributed by atoms with Crippen molar-refractivity contribution in [3.05, 3.63) is 0 Å². The van der Waals surface area contributed by atoms with E-state index in [2.05, 4.69) is 20.8 Å². The molecule has 30 heavy (non-hydrogen) atoms. The van der Waals surface area contributed by atoms with Gasteiger partial charge in [0.15, 0.2) is 6.29 Å². The first kappa shape index (κ1) is 34.3. The fraction of sp³-hybridized carbons (Fsp3) is 1.00. The topological polar surface area (TPSA) is 131 Å². The molecule has 0 amide bonds. The van der Waals surface area contributed by atoms with Crippen LogP contribution in [0.5, 0.6) is 0 Å². The van der Waals surface area contributed by atoms with E-state index < -0.39 is 37.1 Å². The summed E-state index contributed by atoms with van der Waals surface area (Å²) >= 11 is 0. The Bertz CT molecular complexity index is 416. The Hall–Kier alpha value is -0.280. The summed E-state index contributed by atoms with van der Waals surface area (Å²) in [5.74, 6) is -0.530. The number of ether oxygens (including phenoxy) is 1. The molecule has 1 aliphatic rings. The zero-order valence-corrected chi connectivity index (χ0v) is 18.7. The first-order valence-corrected chi connectivity index (χ1v) is 10.2. The molecule has 1 rings (SSSR count). The molecule has 7 heteroatoms. The van der Waals surface area contributed by atoms with Gasteiger partial charge in [0.2, 0.25) is 0 Å². The quantitative estimate of drug-likeness (QED) is 0.374. The minimum Gasteiger partial charge on any atom is -0.396 e. The zero-order valence-electron chi connectivity index (χ0n) is 18.7. The van der Waals surface area contributed by atoms with Gasteiger partial charge in [0, 0.05) is 11.3 Å². The molecular formula is C23H52O7. The third-order valence-electron chi connectivity index (χ3n) is 5.20. The second kappa shape index (κ2) is 14.0. The van der Waals surface area contributed by atoms with Crippen LogP contribution in [0.1, 0.15) is 82.6 Å². The molecule has 1 heterocycles. The van der Waals surface area contributed by atoms with Gasteiger partial charge in [0.25, 0.3) is 0 Å². The van der Waals surface area contributed by atoms with E-state index >= 15 is 0 Å². The molecule has 1 aliphatic heterocycles. The molecule has 0 spiro atoms. The highest BCUT2D eigenvalue weighted by molar-refractivity contribution is 4.90. The van der Waals surface area contributed by atoms with E-state index in [0.717, 1.165) is 12.8 Å². The first-order valence-electron chi connectivity index (χ1n) is 10.2. The zero-order chi connectivity index (χ0) is 22.3. The van der Waals surface area contributed by atoms with Gasteiger partial charge in [-0.2, -0.15) is 0 Å². The highest BCUT2D eigenvalue weighted by Crippen LogP contribution is 2.36. The van der Waals surface area contributed by atoms with Gasteiger partial charge in [-0.25, -0.2) is 0 Å². The van der Waals surface area contributed by atoms with Crippen molar-refractivity contribution >= 4 is 0 Å². The summed E-state index contributed by atoms with van der Waals surface area (Å²) in [6.45, 7) is 14.1. The van der Waals surface area contributed by atoms with E-state index in [1.165, 1.54) is 0 Å². The maximum Gasteiger partial charge on any atom is 0.160 e. The van der Waals surface area contributed by atoms with Crippen LogP contribution in [0.25, 0.3) is 0 Å². The van der Waals surface area contributed by atoms with Crippen molar-refractivity contribution in [2.75, 3.05) is 19.8 Å². The molecule has 0 aromatic heterocycles. The maximum absolute atomic E-state index is 9.87. The minimum atomic E-state index is -1.15. The van der Waals surface area contributed by atoms with E-state index in [9.17, 15) is 25.5 Å². The summed E-state index contributed by atoms with van der Waals surface area (Å²) in [7, 11) is 0. The van der Waals surface area contributed by atoms with Crippen molar-refractivity contribution in [1.29, 1.82) is 0 Å². The second-order valence-corrected chi connectivity index (χ2v) is 10.6. The predicted molar refractivity (Wildman–Crippen MR) is 122 cm³/mol. The average molecular weight is 441 g/mol. The Morgan fingerprint density at radius 1 is 0.767 bits per heavy atom. The Balaban J connectivity index is -0.000000474. The number of hydrogen-bond acceptors (Lipinski definition) is 7. The molecule has 186 valence electrons. The first-order chi connectivity index (χ1) is 12.6. The molecule has 0 bridgehead atoms. The Kier molecular flexibility index (Phi) is 16.0. The molecule has 0 aromatic carbocycles. The van der Waals surface area contributed by atoms with Crippen LogP contribution in [0, 0.1) is 22.2 Å². The van der Waals surface area contributed by atoms with Crippen LogP contribution in [-0.2, 0) is 4.74 Å². The van der Waals surface area contributed by atoms with Crippen LogP contribution in [0.2, 0.25) is 0 Å². The van der Waals surface area contributed by atoms with Crippen LogP contribution in [0.4, 0.5) is 0 Å². The lowest BCUT2D eigenvalue weighted by Crippen LogP contribution is -2.56. The summed E-state index contributed by atoms with van der Waals surface area (Å²) in [5, 5.41) is 56.5. The summed E-state index contributed by atoms with van der Waals surface area (Å²) in [6, 6.07) is 0. The van der Waals surface area contributed by atoms with E-state index in [1.807, 2.05) is 27.7 Å². The van der Waals surface area contributed by atoms with E-state index in [1.54, 1.807) is 0 Å². The van der Waals surface area contributed by atoms with Gasteiger partial charge >= 0.3 is 0 Å². The van der Waals surface area contributed by atoms with Crippen LogP contribution >= 0.6 is 0 Å². The molecule has 0 radical (unpaired) electrons. The molecule has 7 nitrogen and oxygen atoms in total. The van der Waals surface area contributed by atoms with Crippen molar-refractivity contribution < 1.29 is 35.4 Å². The Morgan fingerprint density at radius 3 is 1.50 bits per heavy atom. The normalized spacial score (nSPS) is 27.3. The van der Waals surface area contributed by atoms with E-state index in [-0.39, 0.29) is 44.3 Å². The van der Waals surface area contributed by atoms with Crippen LogP contribution in [0.15, 0.2) is 0 Å². The molecular weight excluding hydrogens is 388 g/mol. The van der Waals surface area contributed by atoms with Gasteiger partial charge in [-0.3, -0.25) is 0 Å². The van der Waals surface area contributed by atoms with Gasteiger partial charge in [-0.1, -0.05) is 63.3 Å². The highest BCUT2D eigenvalue weighted by Gasteiger charge is 2.44. The molecule has 5 atom stereocenters. The molecule has 6 N–H and O–H groups in total. The van der Waals surface area contributed by atoms with E-state index in [4.69, 9.17) is 9.84 Å². The van der Waals surface area contributed by atoms with Crippen molar-refractivity contribution in [3.8, 4) is 0 Å².